The Labute approximate surface area is 158 Å². The number of hydrogen-bond acceptors (Lipinski definition) is 7. The molecule has 1 aromatic heterocycles. The van der Waals surface area contributed by atoms with E-state index < -0.39 is 0 Å². The lowest BCUT2D eigenvalue weighted by molar-refractivity contribution is 0.394. The van der Waals surface area contributed by atoms with Crippen molar-refractivity contribution in [3.05, 3.63) is 29.7 Å². The van der Waals surface area contributed by atoms with E-state index in [0.717, 1.165) is 54.6 Å². The van der Waals surface area contributed by atoms with Gasteiger partial charge in [0.2, 0.25) is 0 Å². The number of nitrogens with zero attached hydrogens (tertiary/aromatic N) is 3. The molecule has 2 N–H and O–H groups in total. The normalized spacial score (nSPS) is 14.8. The molecule has 140 valence electrons. The fourth-order valence-electron chi connectivity index (χ4n) is 3.17. The van der Waals surface area contributed by atoms with Crippen molar-refractivity contribution in [3.8, 4) is 11.5 Å². The maximum Gasteiger partial charge on any atom is 0.157 e. The Morgan fingerprint density at radius 1 is 1.08 bits per heavy atom. The van der Waals surface area contributed by atoms with Crippen molar-refractivity contribution < 1.29 is 9.47 Å². The molecule has 0 bridgehead atoms. The van der Waals surface area contributed by atoms with Gasteiger partial charge in [-0.3, -0.25) is 0 Å². The zero-order valence-electron chi connectivity index (χ0n) is 15.3. The van der Waals surface area contributed by atoms with Gasteiger partial charge in [-0.05, 0) is 12.8 Å². The highest BCUT2D eigenvalue weighted by Gasteiger charge is 2.23. The minimum Gasteiger partial charge on any atom is -0.497 e. The Kier molecular flexibility index (Phi) is 5.88. The molecular formula is C18H24ClN5O2. The first-order valence-corrected chi connectivity index (χ1v) is 8.95. The highest BCUT2D eigenvalue weighted by atomic mass is 35.5. The molecule has 0 spiro atoms. The summed E-state index contributed by atoms with van der Waals surface area (Å²) in [5, 5.41) is 7.12. The van der Waals surface area contributed by atoms with Crippen LogP contribution in [0.2, 0.25) is 5.15 Å². The van der Waals surface area contributed by atoms with Gasteiger partial charge in [0, 0.05) is 50.1 Å². The SMILES string of the molecule is CNc1c(Cl)ncnc1N1CCC(Nc2cc(OC)cc(OC)c2)CC1. The van der Waals surface area contributed by atoms with E-state index in [2.05, 4.69) is 25.5 Å². The molecule has 0 aliphatic carbocycles. The lowest BCUT2D eigenvalue weighted by Gasteiger charge is -2.34. The number of anilines is 3. The maximum absolute atomic E-state index is 6.17. The molecule has 7 nitrogen and oxygen atoms in total. The minimum atomic E-state index is 0.374. The zero-order chi connectivity index (χ0) is 18.5. The molecule has 26 heavy (non-hydrogen) atoms. The van der Waals surface area contributed by atoms with Gasteiger partial charge in [0.05, 0.1) is 14.2 Å². The summed E-state index contributed by atoms with van der Waals surface area (Å²) in [6.45, 7) is 1.78. The van der Waals surface area contributed by atoms with Gasteiger partial charge in [-0.15, -0.1) is 0 Å². The number of aromatic nitrogens is 2. The molecule has 1 fully saturated rings. The Morgan fingerprint density at radius 3 is 2.31 bits per heavy atom. The largest absolute Gasteiger partial charge is 0.497 e. The van der Waals surface area contributed by atoms with Crippen LogP contribution in [0, 0.1) is 0 Å². The number of rotatable bonds is 6. The predicted octanol–water partition coefficient (Wildman–Crippen LogP) is 3.27. The second kappa shape index (κ2) is 8.31. The van der Waals surface area contributed by atoms with E-state index in [9.17, 15) is 0 Å². The van der Waals surface area contributed by atoms with Crippen molar-refractivity contribution in [2.75, 3.05) is 49.9 Å². The minimum absolute atomic E-state index is 0.374. The second-order valence-electron chi connectivity index (χ2n) is 6.12. The van der Waals surface area contributed by atoms with Crippen LogP contribution in [0.5, 0.6) is 11.5 Å². The average molecular weight is 378 g/mol. The quantitative estimate of drug-likeness (QED) is 0.748. The molecule has 1 aromatic carbocycles. The van der Waals surface area contributed by atoms with Gasteiger partial charge in [-0.25, -0.2) is 9.97 Å². The van der Waals surface area contributed by atoms with Crippen molar-refractivity contribution in [2.24, 2.45) is 0 Å². The van der Waals surface area contributed by atoms with Crippen LogP contribution < -0.4 is 25.0 Å². The number of ether oxygens (including phenoxy) is 2. The zero-order valence-corrected chi connectivity index (χ0v) is 16.0. The molecule has 0 saturated carbocycles. The van der Waals surface area contributed by atoms with Crippen LogP contribution in [0.4, 0.5) is 17.2 Å². The Morgan fingerprint density at radius 2 is 1.73 bits per heavy atom. The van der Waals surface area contributed by atoms with Crippen LogP contribution >= 0.6 is 11.6 Å². The highest BCUT2D eigenvalue weighted by Crippen LogP contribution is 2.32. The maximum atomic E-state index is 6.17. The first-order valence-electron chi connectivity index (χ1n) is 8.57. The molecule has 1 aliphatic rings. The Bertz CT molecular complexity index is 728. The summed E-state index contributed by atoms with van der Waals surface area (Å²) in [4.78, 5) is 10.7. The van der Waals surface area contributed by atoms with Gasteiger partial charge in [0.15, 0.2) is 11.0 Å². The van der Waals surface area contributed by atoms with Gasteiger partial charge < -0.3 is 25.0 Å². The third-order valence-electron chi connectivity index (χ3n) is 4.55. The Balaban J connectivity index is 1.65. The molecule has 1 saturated heterocycles. The number of nitrogens with one attached hydrogen (secondary N) is 2. The van der Waals surface area contributed by atoms with Gasteiger partial charge in [0.1, 0.15) is 23.5 Å². The van der Waals surface area contributed by atoms with E-state index in [-0.39, 0.29) is 0 Å². The first kappa shape index (κ1) is 18.4. The molecule has 2 heterocycles. The standard InChI is InChI=1S/C18H24ClN5O2/c1-20-16-17(19)21-11-22-18(16)24-6-4-12(5-7-24)23-13-8-14(25-2)10-15(9-13)26-3/h8-12,20,23H,4-7H2,1-3H3. The first-order chi connectivity index (χ1) is 12.6. The molecule has 0 radical (unpaired) electrons. The van der Waals surface area contributed by atoms with Crippen molar-refractivity contribution in [1.29, 1.82) is 0 Å². The Hall–Kier alpha value is -2.41. The highest BCUT2D eigenvalue weighted by molar-refractivity contribution is 6.32. The summed E-state index contributed by atoms with van der Waals surface area (Å²) in [6, 6.07) is 6.21. The number of halogens is 1. The van der Waals surface area contributed by atoms with Crippen LogP contribution in [0.25, 0.3) is 0 Å². The summed E-state index contributed by atoms with van der Waals surface area (Å²) >= 11 is 6.17. The van der Waals surface area contributed by atoms with Crippen LogP contribution in [-0.4, -0.2) is 50.4 Å². The number of benzene rings is 1. The second-order valence-corrected chi connectivity index (χ2v) is 6.48. The van der Waals surface area contributed by atoms with E-state index in [4.69, 9.17) is 21.1 Å². The molecule has 1 aliphatic heterocycles. The van der Waals surface area contributed by atoms with Crippen LogP contribution in [0.15, 0.2) is 24.5 Å². The van der Waals surface area contributed by atoms with Crippen molar-refractivity contribution >= 4 is 28.8 Å². The van der Waals surface area contributed by atoms with E-state index in [0.29, 0.717) is 11.2 Å². The number of hydrogen-bond donors (Lipinski definition) is 2. The van der Waals surface area contributed by atoms with Gasteiger partial charge in [-0.2, -0.15) is 0 Å². The van der Waals surface area contributed by atoms with Crippen molar-refractivity contribution in [1.82, 2.24) is 9.97 Å². The van der Waals surface area contributed by atoms with Crippen LogP contribution in [0.1, 0.15) is 12.8 Å². The van der Waals surface area contributed by atoms with Gasteiger partial charge >= 0.3 is 0 Å². The molecular weight excluding hydrogens is 354 g/mol. The van der Waals surface area contributed by atoms with Gasteiger partial charge in [-0.1, -0.05) is 11.6 Å². The predicted molar refractivity (Wildman–Crippen MR) is 105 cm³/mol. The molecule has 3 rings (SSSR count). The third kappa shape index (κ3) is 4.04. The lowest BCUT2D eigenvalue weighted by Crippen LogP contribution is -2.39. The summed E-state index contributed by atoms with van der Waals surface area (Å²) < 4.78 is 10.7. The van der Waals surface area contributed by atoms with E-state index in [1.807, 2.05) is 25.2 Å². The monoisotopic (exact) mass is 377 g/mol. The van der Waals surface area contributed by atoms with E-state index in [1.54, 1.807) is 14.2 Å². The summed E-state index contributed by atoms with van der Waals surface area (Å²) in [5.41, 5.74) is 1.78. The number of methoxy groups -OCH3 is 2. The fourth-order valence-corrected chi connectivity index (χ4v) is 3.40. The summed E-state index contributed by atoms with van der Waals surface area (Å²) in [7, 11) is 5.14. The van der Waals surface area contributed by atoms with Gasteiger partial charge in [0.25, 0.3) is 0 Å². The molecule has 8 heteroatoms. The summed E-state index contributed by atoms with van der Waals surface area (Å²) in [5.74, 6) is 2.41. The molecule has 0 unspecified atom stereocenters. The van der Waals surface area contributed by atoms with Crippen molar-refractivity contribution in [3.63, 3.8) is 0 Å². The molecule has 2 aromatic rings. The summed E-state index contributed by atoms with van der Waals surface area (Å²) in [6.07, 6.45) is 3.49. The van der Waals surface area contributed by atoms with Crippen LogP contribution in [-0.2, 0) is 0 Å². The van der Waals surface area contributed by atoms with E-state index in [1.165, 1.54) is 6.33 Å². The average Bonchev–Trinajstić information content (AvgIpc) is 2.68. The number of piperidine rings is 1. The molecule has 0 amide bonds. The topological polar surface area (TPSA) is 71.5 Å². The van der Waals surface area contributed by atoms with E-state index >= 15 is 0 Å². The molecule has 0 atom stereocenters. The lowest BCUT2D eigenvalue weighted by atomic mass is 10.0. The smallest absolute Gasteiger partial charge is 0.157 e. The van der Waals surface area contributed by atoms with Crippen molar-refractivity contribution in [2.45, 2.75) is 18.9 Å². The third-order valence-corrected chi connectivity index (χ3v) is 4.83. The fraction of sp³-hybridized carbons (Fsp3) is 0.444. The van der Waals surface area contributed by atoms with Crippen LogP contribution in [0.3, 0.4) is 0 Å².